The summed E-state index contributed by atoms with van der Waals surface area (Å²) in [4.78, 5) is 4.29. The number of rotatable bonds is 2. The molecule has 1 heterocycles. The normalized spacial score (nSPS) is 18.5. The smallest absolute Gasteiger partial charge is 0.325 e. The third kappa shape index (κ3) is 2.47. The quantitative estimate of drug-likeness (QED) is 0.913. The first-order valence-electron chi connectivity index (χ1n) is 6.11. The maximum absolute atomic E-state index is 12.6. The van der Waals surface area contributed by atoms with Gasteiger partial charge in [0.25, 0.3) is 0 Å². The average molecular weight is 286 g/mol. The Morgan fingerprint density at radius 2 is 2.05 bits per heavy atom. The van der Waals surface area contributed by atoms with Crippen LogP contribution in [0.2, 0.25) is 0 Å². The van der Waals surface area contributed by atoms with Gasteiger partial charge in [-0.25, -0.2) is 4.98 Å². The van der Waals surface area contributed by atoms with Crippen molar-refractivity contribution in [2.45, 2.75) is 37.4 Å². The Hall–Kier alpha value is -1.14. The lowest BCUT2D eigenvalue weighted by atomic mass is 9.75. The molecule has 2 aromatic rings. The zero-order valence-corrected chi connectivity index (χ0v) is 10.9. The number of halogens is 3. The molecule has 1 aromatic heterocycles. The van der Waals surface area contributed by atoms with Crippen LogP contribution < -0.4 is 5.73 Å². The summed E-state index contributed by atoms with van der Waals surface area (Å²) in [6.07, 6.45) is -0.595. The fraction of sp³-hybridized carbons (Fsp3) is 0.462. The van der Waals surface area contributed by atoms with Crippen LogP contribution in [0.4, 0.5) is 13.2 Å². The predicted molar refractivity (Wildman–Crippen MR) is 69.1 cm³/mol. The number of benzene rings is 1. The molecule has 0 radical (unpaired) electrons. The Morgan fingerprint density at radius 1 is 1.32 bits per heavy atom. The van der Waals surface area contributed by atoms with Crippen LogP contribution in [0.1, 0.15) is 29.8 Å². The summed E-state index contributed by atoms with van der Waals surface area (Å²) in [5.74, 6) is 0. The molecule has 1 aliphatic carbocycles. The van der Waals surface area contributed by atoms with Crippen LogP contribution >= 0.6 is 11.3 Å². The van der Waals surface area contributed by atoms with Gasteiger partial charge in [-0.3, -0.25) is 0 Å². The molecule has 6 heteroatoms. The van der Waals surface area contributed by atoms with Gasteiger partial charge < -0.3 is 5.73 Å². The summed E-state index contributed by atoms with van der Waals surface area (Å²) >= 11 is 1.43. The van der Waals surface area contributed by atoms with Crippen LogP contribution in [0.25, 0.3) is 10.2 Å². The highest BCUT2D eigenvalue weighted by Gasteiger charge is 2.34. The van der Waals surface area contributed by atoms with Crippen molar-refractivity contribution in [1.29, 1.82) is 0 Å². The van der Waals surface area contributed by atoms with E-state index in [9.17, 15) is 13.2 Å². The number of thiazole rings is 1. The Bertz CT molecular complexity index is 614. The molecule has 0 spiro atoms. The SMILES string of the molecule is NC1(Cc2nc3cc(C(F)(F)F)ccc3s2)CCC1. The minimum absolute atomic E-state index is 0.194. The second-order valence-corrected chi connectivity index (χ2v) is 6.30. The van der Waals surface area contributed by atoms with Crippen molar-refractivity contribution < 1.29 is 13.2 Å². The number of hydrogen-bond donors (Lipinski definition) is 1. The molecule has 0 aliphatic heterocycles. The highest BCUT2D eigenvalue weighted by atomic mass is 32.1. The summed E-state index contributed by atoms with van der Waals surface area (Å²) in [7, 11) is 0. The number of alkyl halides is 3. The largest absolute Gasteiger partial charge is 0.416 e. The van der Waals surface area contributed by atoms with Crippen LogP contribution in [0.3, 0.4) is 0 Å². The number of hydrogen-bond acceptors (Lipinski definition) is 3. The first-order chi connectivity index (χ1) is 8.86. The third-order valence-electron chi connectivity index (χ3n) is 3.61. The highest BCUT2D eigenvalue weighted by Crippen LogP contribution is 2.36. The Balaban J connectivity index is 1.92. The van der Waals surface area contributed by atoms with Crippen LogP contribution in [0, 0.1) is 0 Å². The van der Waals surface area contributed by atoms with E-state index in [-0.39, 0.29) is 5.54 Å². The molecule has 19 heavy (non-hydrogen) atoms. The van der Waals surface area contributed by atoms with Gasteiger partial charge in [0.1, 0.15) is 0 Å². The molecule has 1 saturated carbocycles. The van der Waals surface area contributed by atoms with E-state index in [4.69, 9.17) is 5.73 Å². The van der Waals surface area contributed by atoms with Crippen LogP contribution in [-0.2, 0) is 12.6 Å². The summed E-state index contributed by atoms with van der Waals surface area (Å²) in [5.41, 5.74) is 5.71. The fourth-order valence-corrected chi connectivity index (χ4v) is 3.44. The summed E-state index contributed by atoms with van der Waals surface area (Å²) in [6.45, 7) is 0. The molecule has 0 amide bonds. The lowest BCUT2D eigenvalue weighted by molar-refractivity contribution is -0.137. The molecule has 102 valence electrons. The van der Waals surface area contributed by atoms with Gasteiger partial charge in [0.2, 0.25) is 0 Å². The Labute approximate surface area is 112 Å². The second-order valence-electron chi connectivity index (χ2n) is 5.18. The predicted octanol–water partition coefficient (Wildman–Crippen LogP) is 3.74. The van der Waals surface area contributed by atoms with Gasteiger partial charge in [0, 0.05) is 12.0 Å². The van der Waals surface area contributed by atoms with Crippen molar-refractivity contribution in [1.82, 2.24) is 4.98 Å². The average Bonchev–Trinajstić information content (AvgIpc) is 2.66. The standard InChI is InChI=1S/C13H13F3N2S/c14-13(15,16)8-2-3-10-9(6-8)18-11(19-10)7-12(17)4-1-5-12/h2-3,6H,1,4-5,7,17H2. The fourth-order valence-electron chi connectivity index (χ4n) is 2.34. The molecule has 1 aromatic carbocycles. The monoisotopic (exact) mass is 286 g/mol. The zero-order chi connectivity index (χ0) is 13.7. The van der Waals surface area contributed by atoms with Gasteiger partial charge in [-0.05, 0) is 37.5 Å². The van der Waals surface area contributed by atoms with Gasteiger partial charge in [0.15, 0.2) is 0 Å². The maximum Gasteiger partial charge on any atom is 0.416 e. The van der Waals surface area contributed by atoms with Crippen molar-refractivity contribution in [2.24, 2.45) is 5.73 Å². The highest BCUT2D eigenvalue weighted by molar-refractivity contribution is 7.18. The molecule has 1 aliphatic rings. The van der Waals surface area contributed by atoms with Gasteiger partial charge in [-0.2, -0.15) is 13.2 Å². The topological polar surface area (TPSA) is 38.9 Å². The van der Waals surface area contributed by atoms with Crippen molar-refractivity contribution in [3.8, 4) is 0 Å². The first kappa shape index (κ1) is 12.9. The van der Waals surface area contributed by atoms with Gasteiger partial charge in [-0.15, -0.1) is 11.3 Å². The minimum atomic E-state index is -4.32. The second kappa shape index (κ2) is 4.18. The number of nitrogens with zero attached hydrogens (tertiary/aromatic N) is 1. The van der Waals surface area contributed by atoms with E-state index < -0.39 is 11.7 Å². The Morgan fingerprint density at radius 3 is 2.63 bits per heavy atom. The van der Waals surface area contributed by atoms with E-state index in [0.29, 0.717) is 11.9 Å². The third-order valence-corrected chi connectivity index (χ3v) is 4.65. The number of nitrogens with two attached hydrogens (primary N) is 1. The molecule has 0 saturated heterocycles. The molecule has 1 fully saturated rings. The molecule has 0 bridgehead atoms. The summed E-state index contributed by atoms with van der Waals surface area (Å²) in [5, 5.41) is 0.830. The molecule has 2 N–H and O–H groups in total. The van der Waals surface area contributed by atoms with E-state index in [1.807, 2.05) is 0 Å². The van der Waals surface area contributed by atoms with Crippen molar-refractivity contribution in [3.05, 3.63) is 28.8 Å². The van der Waals surface area contributed by atoms with Crippen molar-refractivity contribution in [2.75, 3.05) is 0 Å². The molecule has 0 atom stereocenters. The first-order valence-corrected chi connectivity index (χ1v) is 6.93. The molecular formula is C13H13F3N2S. The van der Waals surface area contributed by atoms with Gasteiger partial charge in [-0.1, -0.05) is 0 Å². The summed E-state index contributed by atoms with van der Waals surface area (Å²) in [6, 6.07) is 3.70. The molecule has 2 nitrogen and oxygen atoms in total. The maximum atomic E-state index is 12.6. The van der Waals surface area contributed by atoms with E-state index in [1.54, 1.807) is 0 Å². The molecule has 3 rings (SSSR count). The van der Waals surface area contributed by atoms with E-state index in [0.717, 1.165) is 41.1 Å². The van der Waals surface area contributed by atoms with Gasteiger partial charge in [0.05, 0.1) is 20.8 Å². The van der Waals surface area contributed by atoms with E-state index in [1.165, 1.54) is 17.4 Å². The van der Waals surface area contributed by atoms with Crippen LogP contribution in [0.15, 0.2) is 18.2 Å². The van der Waals surface area contributed by atoms with Crippen LogP contribution in [-0.4, -0.2) is 10.5 Å². The van der Waals surface area contributed by atoms with E-state index >= 15 is 0 Å². The van der Waals surface area contributed by atoms with Crippen molar-refractivity contribution >= 4 is 21.6 Å². The van der Waals surface area contributed by atoms with Crippen LogP contribution in [0.5, 0.6) is 0 Å². The van der Waals surface area contributed by atoms with Crippen molar-refractivity contribution in [3.63, 3.8) is 0 Å². The minimum Gasteiger partial charge on any atom is -0.325 e. The summed E-state index contributed by atoms with van der Waals surface area (Å²) < 4.78 is 38.6. The van der Waals surface area contributed by atoms with E-state index in [2.05, 4.69) is 4.98 Å². The Kier molecular flexibility index (Phi) is 2.83. The molecular weight excluding hydrogens is 273 g/mol. The molecule has 0 unspecified atom stereocenters. The lowest BCUT2D eigenvalue weighted by Gasteiger charge is -2.37. The number of fused-ring (bicyclic) bond motifs is 1. The van der Waals surface area contributed by atoms with Gasteiger partial charge >= 0.3 is 6.18 Å². The number of aromatic nitrogens is 1. The lowest BCUT2D eigenvalue weighted by Crippen LogP contribution is -2.48. The zero-order valence-electron chi connectivity index (χ0n) is 10.1.